The fourth-order valence-corrected chi connectivity index (χ4v) is 1.90. The standard InChI is InChI=1S/C15H22O/c1-14(16)13-15-11-9-7-5-3-2-4-6-8-10-12-15/h3,5-6,8,11H,2,4,7,9-10,12-13H2,1H3/b5-3+,8-6+,15-11-. The van der Waals surface area contributed by atoms with E-state index in [1.54, 1.807) is 6.92 Å². The number of allylic oxidation sites excluding steroid dienone is 6. The predicted octanol–water partition coefficient (Wildman–Crippen LogP) is 4.36. The molecule has 1 aliphatic carbocycles. The maximum atomic E-state index is 11.1. The summed E-state index contributed by atoms with van der Waals surface area (Å²) in [6, 6.07) is 0. The van der Waals surface area contributed by atoms with Crippen LogP contribution < -0.4 is 0 Å². The molecule has 0 aliphatic heterocycles. The Morgan fingerprint density at radius 2 is 1.56 bits per heavy atom. The molecule has 0 bridgehead atoms. The minimum absolute atomic E-state index is 0.276. The summed E-state index contributed by atoms with van der Waals surface area (Å²) in [5, 5.41) is 0. The summed E-state index contributed by atoms with van der Waals surface area (Å²) in [4.78, 5) is 11.1. The smallest absolute Gasteiger partial charge is 0.133 e. The molecule has 0 N–H and O–H groups in total. The van der Waals surface area contributed by atoms with Crippen LogP contribution in [0.3, 0.4) is 0 Å². The van der Waals surface area contributed by atoms with Crippen molar-refractivity contribution >= 4 is 5.78 Å². The van der Waals surface area contributed by atoms with Gasteiger partial charge in [0.05, 0.1) is 0 Å². The van der Waals surface area contributed by atoms with Crippen molar-refractivity contribution in [2.45, 2.75) is 51.9 Å². The highest BCUT2D eigenvalue weighted by Crippen LogP contribution is 2.14. The first-order valence-corrected chi connectivity index (χ1v) is 6.26. The predicted molar refractivity (Wildman–Crippen MR) is 69.4 cm³/mol. The molecule has 0 amide bonds. The van der Waals surface area contributed by atoms with Crippen LogP contribution in [-0.2, 0) is 4.79 Å². The summed E-state index contributed by atoms with van der Waals surface area (Å²) < 4.78 is 0. The van der Waals surface area contributed by atoms with E-state index < -0.39 is 0 Å². The second kappa shape index (κ2) is 8.09. The molecule has 1 heteroatoms. The maximum absolute atomic E-state index is 11.1. The van der Waals surface area contributed by atoms with Crippen LogP contribution in [0.2, 0.25) is 0 Å². The molecule has 0 saturated carbocycles. The highest BCUT2D eigenvalue weighted by Gasteiger charge is 2.00. The van der Waals surface area contributed by atoms with Gasteiger partial charge in [0.25, 0.3) is 0 Å². The van der Waals surface area contributed by atoms with Gasteiger partial charge in [-0.25, -0.2) is 0 Å². The van der Waals surface area contributed by atoms with Crippen LogP contribution in [0.5, 0.6) is 0 Å². The number of hydrogen-bond donors (Lipinski definition) is 0. The Morgan fingerprint density at radius 1 is 1.00 bits per heavy atom. The molecule has 0 aromatic heterocycles. The molecule has 88 valence electrons. The molecule has 0 unspecified atom stereocenters. The van der Waals surface area contributed by atoms with Gasteiger partial charge in [-0.3, -0.25) is 4.79 Å². The molecule has 0 spiro atoms. The van der Waals surface area contributed by atoms with Crippen molar-refractivity contribution in [3.8, 4) is 0 Å². The van der Waals surface area contributed by atoms with Crippen molar-refractivity contribution in [1.29, 1.82) is 0 Å². The maximum Gasteiger partial charge on any atom is 0.133 e. The monoisotopic (exact) mass is 218 g/mol. The van der Waals surface area contributed by atoms with E-state index in [4.69, 9.17) is 0 Å². The van der Waals surface area contributed by atoms with Crippen LogP contribution in [0.15, 0.2) is 36.0 Å². The zero-order valence-electron chi connectivity index (χ0n) is 10.2. The molecule has 0 radical (unpaired) electrons. The summed E-state index contributed by atoms with van der Waals surface area (Å²) >= 11 is 0. The Labute approximate surface area is 98.9 Å². The Morgan fingerprint density at radius 3 is 2.19 bits per heavy atom. The number of carbonyl (C=O) groups excluding carboxylic acids is 1. The lowest BCUT2D eigenvalue weighted by molar-refractivity contribution is -0.116. The van der Waals surface area contributed by atoms with Gasteiger partial charge in [0.15, 0.2) is 0 Å². The van der Waals surface area contributed by atoms with Crippen LogP contribution >= 0.6 is 0 Å². The first kappa shape index (κ1) is 13.0. The summed E-state index contributed by atoms with van der Waals surface area (Å²) in [5.74, 6) is 0.276. The van der Waals surface area contributed by atoms with E-state index in [9.17, 15) is 4.79 Å². The van der Waals surface area contributed by atoms with E-state index >= 15 is 0 Å². The molecule has 0 aromatic carbocycles. The topological polar surface area (TPSA) is 17.1 Å². The Kier molecular flexibility index (Phi) is 6.55. The first-order chi connectivity index (χ1) is 7.79. The fourth-order valence-electron chi connectivity index (χ4n) is 1.90. The number of rotatable bonds is 2. The molecule has 0 aromatic rings. The highest BCUT2D eigenvalue weighted by atomic mass is 16.1. The molecule has 1 nitrogen and oxygen atoms in total. The lowest BCUT2D eigenvalue weighted by Crippen LogP contribution is -1.94. The van der Waals surface area contributed by atoms with Gasteiger partial charge in [0.1, 0.15) is 5.78 Å². The van der Waals surface area contributed by atoms with Crippen LogP contribution in [0.4, 0.5) is 0 Å². The van der Waals surface area contributed by atoms with Gasteiger partial charge < -0.3 is 0 Å². The largest absolute Gasteiger partial charge is 0.300 e. The third-order valence-corrected chi connectivity index (χ3v) is 2.71. The Balaban J connectivity index is 2.54. The van der Waals surface area contributed by atoms with Gasteiger partial charge in [-0.1, -0.05) is 36.0 Å². The van der Waals surface area contributed by atoms with E-state index in [0.717, 1.165) is 38.5 Å². The van der Waals surface area contributed by atoms with Crippen LogP contribution in [0.25, 0.3) is 0 Å². The molecule has 16 heavy (non-hydrogen) atoms. The van der Waals surface area contributed by atoms with Crippen LogP contribution in [-0.4, -0.2) is 5.78 Å². The molecular formula is C15H22O. The molecule has 1 aliphatic rings. The molecule has 0 atom stereocenters. The average molecular weight is 218 g/mol. The van der Waals surface area contributed by atoms with Gasteiger partial charge in [0.2, 0.25) is 0 Å². The van der Waals surface area contributed by atoms with Gasteiger partial charge in [-0.15, -0.1) is 0 Å². The third kappa shape index (κ3) is 6.39. The number of carbonyl (C=O) groups is 1. The zero-order chi connectivity index (χ0) is 11.6. The van der Waals surface area contributed by atoms with Crippen molar-refractivity contribution in [1.82, 2.24) is 0 Å². The quantitative estimate of drug-likeness (QED) is 0.629. The SMILES string of the molecule is CC(=O)C/C1=C\CC/C=C/CC/C=C/CC1. The number of Topliss-reactive ketones (excluding diaryl/α,β-unsaturated/α-hetero) is 1. The Bertz CT molecular complexity index is 295. The van der Waals surface area contributed by atoms with Crippen LogP contribution in [0, 0.1) is 0 Å². The van der Waals surface area contributed by atoms with E-state index in [2.05, 4.69) is 30.4 Å². The summed E-state index contributed by atoms with van der Waals surface area (Å²) in [6.45, 7) is 1.67. The van der Waals surface area contributed by atoms with E-state index in [1.807, 2.05) is 0 Å². The summed E-state index contributed by atoms with van der Waals surface area (Å²) in [7, 11) is 0. The molecular weight excluding hydrogens is 196 g/mol. The summed E-state index contributed by atoms with van der Waals surface area (Å²) in [5.41, 5.74) is 1.31. The van der Waals surface area contributed by atoms with Crippen molar-refractivity contribution in [3.63, 3.8) is 0 Å². The van der Waals surface area contributed by atoms with Crippen molar-refractivity contribution in [2.75, 3.05) is 0 Å². The first-order valence-electron chi connectivity index (χ1n) is 6.26. The average Bonchev–Trinajstić information content (AvgIpc) is 2.21. The number of ketones is 1. The minimum Gasteiger partial charge on any atom is -0.300 e. The van der Waals surface area contributed by atoms with Crippen molar-refractivity contribution in [3.05, 3.63) is 36.0 Å². The normalized spacial score (nSPS) is 25.7. The molecule has 0 heterocycles. The summed E-state index contributed by atoms with van der Waals surface area (Å²) in [6.07, 6.45) is 18.5. The van der Waals surface area contributed by atoms with Crippen molar-refractivity contribution in [2.24, 2.45) is 0 Å². The van der Waals surface area contributed by atoms with E-state index in [1.165, 1.54) is 5.57 Å². The lowest BCUT2D eigenvalue weighted by atomic mass is 10.0. The van der Waals surface area contributed by atoms with Gasteiger partial charge in [-0.2, -0.15) is 0 Å². The molecule has 0 saturated heterocycles. The van der Waals surface area contributed by atoms with E-state index in [-0.39, 0.29) is 5.78 Å². The zero-order valence-corrected chi connectivity index (χ0v) is 10.2. The molecule has 0 fully saturated rings. The van der Waals surface area contributed by atoms with Gasteiger partial charge >= 0.3 is 0 Å². The van der Waals surface area contributed by atoms with Gasteiger partial charge in [-0.05, 0) is 45.4 Å². The fraction of sp³-hybridized carbons (Fsp3) is 0.533. The number of hydrogen-bond acceptors (Lipinski definition) is 1. The van der Waals surface area contributed by atoms with Crippen molar-refractivity contribution < 1.29 is 4.79 Å². The second-order valence-electron chi connectivity index (χ2n) is 4.38. The minimum atomic E-state index is 0.276. The molecule has 1 rings (SSSR count). The van der Waals surface area contributed by atoms with E-state index in [0.29, 0.717) is 6.42 Å². The lowest BCUT2D eigenvalue weighted by Gasteiger charge is -2.04. The second-order valence-corrected chi connectivity index (χ2v) is 4.38. The van der Waals surface area contributed by atoms with Gasteiger partial charge in [0, 0.05) is 6.42 Å². The third-order valence-electron chi connectivity index (χ3n) is 2.71. The Hall–Kier alpha value is -1.11. The highest BCUT2D eigenvalue weighted by molar-refractivity contribution is 5.78. The van der Waals surface area contributed by atoms with Crippen LogP contribution in [0.1, 0.15) is 51.9 Å².